The van der Waals surface area contributed by atoms with Gasteiger partial charge < -0.3 is 0 Å². The summed E-state index contributed by atoms with van der Waals surface area (Å²) in [5, 5.41) is 0. The van der Waals surface area contributed by atoms with E-state index >= 15 is 0 Å². The van der Waals surface area contributed by atoms with Crippen LogP contribution in [0.2, 0.25) is 0 Å². The van der Waals surface area contributed by atoms with Crippen molar-refractivity contribution in [1.29, 1.82) is 0 Å². The van der Waals surface area contributed by atoms with Gasteiger partial charge in [0.05, 0.1) is 0 Å². The number of hydrogen-bond donors (Lipinski definition) is 0. The zero-order chi connectivity index (χ0) is 14.0. The first-order valence-electron chi connectivity index (χ1n) is 7.74. The Hall–Kier alpha value is -0.0400. The lowest BCUT2D eigenvalue weighted by atomic mass is 9.88. The molecule has 1 nitrogen and oxygen atoms in total. The van der Waals surface area contributed by atoms with Crippen molar-refractivity contribution in [3.63, 3.8) is 0 Å². The molecule has 0 aromatic heterocycles. The summed E-state index contributed by atoms with van der Waals surface area (Å²) in [4.78, 5) is 2.66. The van der Waals surface area contributed by atoms with Gasteiger partial charge in [0.25, 0.3) is 0 Å². The van der Waals surface area contributed by atoms with E-state index in [9.17, 15) is 0 Å². The van der Waals surface area contributed by atoms with Gasteiger partial charge in [-0.1, -0.05) is 62.3 Å². The highest BCUT2D eigenvalue weighted by Crippen LogP contribution is 2.26. The topological polar surface area (TPSA) is 3.24 Å². The Kier molecular flexibility index (Phi) is 12.6. The van der Waals surface area contributed by atoms with Crippen LogP contribution < -0.4 is 0 Å². The average molecular weight is 243 g/mol. The van der Waals surface area contributed by atoms with Gasteiger partial charge in [0.2, 0.25) is 0 Å². The molecule has 0 amide bonds. The second-order valence-corrected chi connectivity index (χ2v) is 5.50. The molecule has 0 saturated carbocycles. The fraction of sp³-hybridized carbons (Fsp3) is 1.00. The van der Waals surface area contributed by atoms with Gasteiger partial charge in [-0.05, 0) is 24.2 Å². The van der Waals surface area contributed by atoms with Crippen molar-refractivity contribution in [2.75, 3.05) is 13.1 Å². The molecule has 1 atom stereocenters. The highest BCUT2D eigenvalue weighted by atomic mass is 15.2. The molecule has 0 aromatic carbocycles. The van der Waals surface area contributed by atoms with E-state index in [-0.39, 0.29) is 0 Å². The van der Waals surface area contributed by atoms with E-state index in [2.05, 4.69) is 39.5 Å². The summed E-state index contributed by atoms with van der Waals surface area (Å²) in [7, 11) is 0. The molecular formula is C16H37N. The van der Waals surface area contributed by atoms with E-state index in [0.29, 0.717) is 0 Å². The third-order valence-electron chi connectivity index (χ3n) is 3.04. The standard InChI is InChI=1S/C12H25N.2C2H6/c1-9(2)6-12(10(3)4)13-7-11(5)8-13;2*1-2/h9-12H,6-8H2,1-5H3;2*1-2H3. The molecule has 0 aliphatic carbocycles. The summed E-state index contributed by atoms with van der Waals surface area (Å²) in [6.45, 7) is 22.4. The normalized spacial score (nSPS) is 17.8. The summed E-state index contributed by atoms with van der Waals surface area (Å²) in [5.74, 6) is 2.59. The monoisotopic (exact) mass is 243 g/mol. The number of hydrogen-bond acceptors (Lipinski definition) is 1. The van der Waals surface area contributed by atoms with Crippen molar-refractivity contribution in [2.24, 2.45) is 17.8 Å². The van der Waals surface area contributed by atoms with E-state index in [1.165, 1.54) is 19.5 Å². The van der Waals surface area contributed by atoms with Crippen LogP contribution in [0, 0.1) is 17.8 Å². The zero-order valence-electron chi connectivity index (χ0n) is 13.9. The first-order valence-corrected chi connectivity index (χ1v) is 7.74. The average Bonchev–Trinajstić information content (AvgIpc) is 2.27. The maximum atomic E-state index is 2.66. The number of rotatable bonds is 4. The molecule has 106 valence electrons. The van der Waals surface area contributed by atoms with Gasteiger partial charge in [-0.3, -0.25) is 4.90 Å². The van der Waals surface area contributed by atoms with Gasteiger partial charge in [0.1, 0.15) is 0 Å². The van der Waals surface area contributed by atoms with Crippen LogP contribution in [0.15, 0.2) is 0 Å². The molecule has 1 unspecified atom stereocenters. The van der Waals surface area contributed by atoms with Gasteiger partial charge in [0.15, 0.2) is 0 Å². The Bertz CT molecular complexity index is 146. The maximum absolute atomic E-state index is 2.66. The van der Waals surface area contributed by atoms with E-state index in [4.69, 9.17) is 0 Å². The summed E-state index contributed by atoms with van der Waals surface area (Å²) < 4.78 is 0. The van der Waals surface area contributed by atoms with E-state index in [1.807, 2.05) is 27.7 Å². The lowest BCUT2D eigenvalue weighted by Crippen LogP contribution is -2.53. The van der Waals surface area contributed by atoms with Crippen LogP contribution in [0.1, 0.15) is 68.7 Å². The van der Waals surface area contributed by atoms with Crippen LogP contribution in [0.5, 0.6) is 0 Å². The largest absolute Gasteiger partial charge is 0.299 e. The van der Waals surface area contributed by atoms with Crippen molar-refractivity contribution < 1.29 is 0 Å². The minimum atomic E-state index is 0.815. The van der Waals surface area contributed by atoms with Crippen molar-refractivity contribution >= 4 is 0 Å². The molecule has 1 rings (SSSR count). The molecule has 1 saturated heterocycles. The third kappa shape index (κ3) is 7.81. The van der Waals surface area contributed by atoms with Gasteiger partial charge in [0, 0.05) is 19.1 Å². The molecule has 1 fully saturated rings. The molecule has 1 aliphatic heterocycles. The Morgan fingerprint density at radius 2 is 1.35 bits per heavy atom. The smallest absolute Gasteiger partial charge is 0.0121 e. The summed E-state index contributed by atoms with van der Waals surface area (Å²) in [6, 6.07) is 0.830. The van der Waals surface area contributed by atoms with Gasteiger partial charge in [-0.2, -0.15) is 0 Å². The van der Waals surface area contributed by atoms with Crippen LogP contribution in [0.3, 0.4) is 0 Å². The SMILES string of the molecule is CC.CC.CC(C)CC(C(C)C)N1CC(C)C1. The van der Waals surface area contributed by atoms with Gasteiger partial charge in [-0.25, -0.2) is 0 Å². The minimum absolute atomic E-state index is 0.815. The Morgan fingerprint density at radius 1 is 0.941 bits per heavy atom. The third-order valence-corrected chi connectivity index (χ3v) is 3.04. The summed E-state index contributed by atoms with van der Waals surface area (Å²) in [6.07, 6.45) is 1.37. The highest BCUT2D eigenvalue weighted by molar-refractivity contribution is 4.85. The van der Waals surface area contributed by atoms with Crippen LogP contribution in [0.4, 0.5) is 0 Å². The van der Waals surface area contributed by atoms with Crippen LogP contribution in [0.25, 0.3) is 0 Å². The zero-order valence-corrected chi connectivity index (χ0v) is 13.9. The first-order chi connectivity index (χ1) is 8.00. The quantitative estimate of drug-likeness (QED) is 0.667. The van der Waals surface area contributed by atoms with Crippen LogP contribution in [-0.4, -0.2) is 24.0 Å². The fourth-order valence-corrected chi connectivity index (χ4v) is 2.34. The van der Waals surface area contributed by atoms with E-state index in [1.54, 1.807) is 0 Å². The molecule has 0 N–H and O–H groups in total. The number of likely N-dealkylation sites (tertiary alicyclic amines) is 1. The Morgan fingerprint density at radius 3 is 1.59 bits per heavy atom. The highest BCUT2D eigenvalue weighted by Gasteiger charge is 2.31. The van der Waals surface area contributed by atoms with Crippen molar-refractivity contribution in [3.05, 3.63) is 0 Å². The lowest BCUT2D eigenvalue weighted by molar-refractivity contribution is 0.0296. The van der Waals surface area contributed by atoms with Crippen LogP contribution in [-0.2, 0) is 0 Å². The summed E-state index contributed by atoms with van der Waals surface area (Å²) >= 11 is 0. The first kappa shape index (κ1) is 19.3. The molecular weight excluding hydrogens is 206 g/mol. The molecule has 1 heterocycles. The molecule has 0 radical (unpaired) electrons. The second-order valence-electron chi connectivity index (χ2n) is 5.50. The van der Waals surface area contributed by atoms with Gasteiger partial charge in [-0.15, -0.1) is 0 Å². The second kappa shape index (κ2) is 11.1. The van der Waals surface area contributed by atoms with Crippen LogP contribution >= 0.6 is 0 Å². The molecule has 1 heteroatoms. The summed E-state index contributed by atoms with van der Waals surface area (Å²) in [5.41, 5.74) is 0. The molecule has 0 bridgehead atoms. The minimum Gasteiger partial charge on any atom is -0.299 e. The molecule has 0 aromatic rings. The Labute approximate surface area is 111 Å². The fourth-order valence-electron chi connectivity index (χ4n) is 2.34. The number of nitrogens with zero attached hydrogens (tertiary/aromatic N) is 1. The predicted molar refractivity (Wildman–Crippen MR) is 81.5 cm³/mol. The van der Waals surface area contributed by atoms with E-state index < -0.39 is 0 Å². The van der Waals surface area contributed by atoms with E-state index in [0.717, 1.165) is 23.8 Å². The van der Waals surface area contributed by atoms with Gasteiger partial charge >= 0.3 is 0 Å². The molecule has 1 aliphatic rings. The predicted octanol–water partition coefficient (Wildman–Crippen LogP) is 5.06. The van der Waals surface area contributed by atoms with Crippen molar-refractivity contribution in [3.8, 4) is 0 Å². The molecule has 0 spiro atoms. The van der Waals surface area contributed by atoms with Crippen molar-refractivity contribution in [2.45, 2.75) is 74.8 Å². The van der Waals surface area contributed by atoms with Crippen molar-refractivity contribution in [1.82, 2.24) is 4.90 Å². The lowest BCUT2D eigenvalue weighted by Gasteiger charge is -2.45. The molecule has 17 heavy (non-hydrogen) atoms. The Balaban J connectivity index is 0. The maximum Gasteiger partial charge on any atom is 0.0121 e.